The highest BCUT2D eigenvalue weighted by Crippen LogP contribution is 2.05. The summed E-state index contributed by atoms with van der Waals surface area (Å²) in [5, 5.41) is 4.48. The lowest BCUT2D eigenvalue weighted by atomic mass is 10.1. The van der Waals surface area contributed by atoms with Gasteiger partial charge in [-0.25, -0.2) is 9.59 Å². The standard InChI is InChI=1S/C18H18N2O5/c1-13-4-2-5-14(10-13)7-8-17(22)25-12-16(21)20-18(23)19-11-15-6-3-9-24-15/h2-10H,11-12H2,1H3,(H2,19,20,21,23)/b8-7+. The number of hydrogen-bond acceptors (Lipinski definition) is 5. The zero-order valence-corrected chi connectivity index (χ0v) is 13.7. The molecule has 0 fully saturated rings. The molecule has 3 amide bonds. The van der Waals surface area contributed by atoms with Crippen LogP contribution < -0.4 is 10.6 Å². The SMILES string of the molecule is Cc1cccc(/C=C/C(=O)OCC(=O)NC(=O)NCc2ccco2)c1. The van der Waals surface area contributed by atoms with Gasteiger partial charge in [-0.2, -0.15) is 0 Å². The van der Waals surface area contributed by atoms with Gasteiger partial charge in [0.1, 0.15) is 5.76 Å². The normalized spacial score (nSPS) is 10.4. The Hall–Kier alpha value is -3.35. The Balaban J connectivity index is 1.68. The average molecular weight is 342 g/mol. The van der Waals surface area contributed by atoms with Crippen molar-refractivity contribution in [2.75, 3.05) is 6.61 Å². The molecule has 0 aliphatic carbocycles. The zero-order chi connectivity index (χ0) is 18.1. The van der Waals surface area contributed by atoms with Crippen molar-refractivity contribution in [3.8, 4) is 0 Å². The molecule has 0 saturated heterocycles. The number of furan rings is 1. The molecule has 130 valence electrons. The summed E-state index contributed by atoms with van der Waals surface area (Å²) in [6.07, 6.45) is 4.28. The summed E-state index contributed by atoms with van der Waals surface area (Å²) in [7, 11) is 0. The second kappa shape index (κ2) is 9.07. The van der Waals surface area contributed by atoms with Crippen molar-refractivity contribution < 1.29 is 23.5 Å². The van der Waals surface area contributed by atoms with Gasteiger partial charge in [-0.3, -0.25) is 10.1 Å². The topological polar surface area (TPSA) is 97.6 Å². The minimum absolute atomic E-state index is 0.144. The Morgan fingerprint density at radius 3 is 2.76 bits per heavy atom. The summed E-state index contributed by atoms with van der Waals surface area (Å²) in [5.41, 5.74) is 1.91. The van der Waals surface area contributed by atoms with Gasteiger partial charge in [0.25, 0.3) is 5.91 Å². The van der Waals surface area contributed by atoms with E-state index in [-0.39, 0.29) is 6.54 Å². The van der Waals surface area contributed by atoms with Gasteiger partial charge < -0.3 is 14.5 Å². The van der Waals surface area contributed by atoms with Crippen LogP contribution in [0.1, 0.15) is 16.9 Å². The fourth-order valence-corrected chi connectivity index (χ4v) is 1.91. The maximum Gasteiger partial charge on any atom is 0.331 e. The van der Waals surface area contributed by atoms with Crippen molar-refractivity contribution in [1.29, 1.82) is 0 Å². The molecule has 7 heteroatoms. The van der Waals surface area contributed by atoms with Gasteiger partial charge in [0.05, 0.1) is 12.8 Å². The molecule has 0 spiro atoms. The molecule has 0 unspecified atom stereocenters. The van der Waals surface area contributed by atoms with Gasteiger partial charge >= 0.3 is 12.0 Å². The number of imide groups is 1. The smallest absolute Gasteiger partial charge is 0.331 e. The number of hydrogen-bond donors (Lipinski definition) is 2. The molecular formula is C18H18N2O5. The van der Waals surface area contributed by atoms with E-state index in [0.717, 1.165) is 11.1 Å². The summed E-state index contributed by atoms with van der Waals surface area (Å²) in [6.45, 7) is 1.53. The number of benzene rings is 1. The lowest BCUT2D eigenvalue weighted by Crippen LogP contribution is -2.41. The first-order valence-electron chi connectivity index (χ1n) is 7.54. The molecule has 1 heterocycles. The number of rotatable bonds is 6. The summed E-state index contributed by atoms with van der Waals surface area (Å²) >= 11 is 0. The zero-order valence-electron chi connectivity index (χ0n) is 13.7. The molecule has 1 aromatic carbocycles. The highest BCUT2D eigenvalue weighted by molar-refractivity contribution is 5.96. The predicted octanol–water partition coefficient (Wildman–Crippen LogP) is 2.17. The summed E-state index contributed by atoms with van der Waals surface area (Å²) in [6, 6.07) is 10.2. The first-order valence-corrected chi connectivity index (χ1v) is 7.54. The van der Waals surface area contributed by atoms with Crippen LogP contribution in [0.4, 0.5) is 4.79 Å². The number of carbonyl (C=O) groups is 3. The van der Waals surface area contributed by atoms with E-state index in [1.807, 2.05) is 36.5 Å². The van der Waals surface area contributed by atoms with Crippen molar-refractivity contribution >= 4 is 24.0 Å². The summed E-state index contributed by atoms with van der Waals surface area (Å²) in [5.74, 6) is -0.850. The van der Waals surface area contributed by atoms with E-state index in [4.69, 9.17) is 9.15 Å². The Bertz CT molecular complexity index is 766. The number of esters is 1. The van der Waals surface area contributed by atoms with E-state index in [0.29, 0.717) is 5.76 Å². The van der Waals surface area contributed by atoms with Crippen LogP contribution in [0.3, 0.4) is 0 Å². The van der Waals surface area contributed by atoms with Gasteiger partial charge in [0, 0.05) is 6.08 Å². The van der Waals surface area contributed by atoms with Crippen LogP contribution >= 0.6 is 0 Å². The molecule has 2 aromatic rings. The predicted molar refractivity (Wildman–Crippen MR) is 90.3 cm³/mol. The van der Waals surface area contributed by atoms with E-state index in [1.165, 1.54) is 12.3 Å². The average Bonchev–Trinajstić information content (AvgIpc) is 3.10. The Morgan fingerprint density at radius 2 is 2.04 bits per heavy atom. The number of nitrogens with one attached hydrogen (secondary N) is 2. The van der Waals surface area contributed by atoms with Gasteiger partial charge in [-0.1, -0.05) is 29.8 Å². The van der Waals surface area contributed by atoms with Gasteiger partial charge in [0.2, 0.25) is 0 Å². The molecule has 0 bridgehead atoms. The fraction of sp³-hybridized carbons (Fsp3) is 0.167. The van der Waals surface area contributed by atoms with Crippen molar-refractivity contribution in [1.82, 2.24) is 10.6 Å². The van der Waals surface area contributed by atoms with E-state index in [2.05, 4.69) is 5.32 Å². The third kappa shape index (κ3) is 6.74. The monoisotopic (exact) mass is 342 g/mol. The van der Waals surface area contributed by atoms with Crippen molar-refractivity contribution in [3.63, 3.8) is 0 Å². The van der Waals surface area contributed by atoms with E-state index in [1.54, 1.807) is 18.2 Å². The second-order valence-electron chi connectivity index (χ2n) is 5.17. The molecule has 7 nitrogen and oxygen atoms in total. The third-order valence-electron chi connectivity index (χ3n) is 3.06. The first-order chi connectivity index (χ1) is 12.0. The minimum Gasteiger partial charge on any atom is -0.467 e. The van der Waals surface area contributed by atoms with Crippen molar-refractivity contribution in [3.05, 3.63) is 65.6 Å². The van der Waals surface area contributed by atoms with E-state index in [9.17, 15) is 14.4 Å². The van der Waals surface area contributed by atoms with Crippen LogP contribution in [-0.2, 0) is 20.9 Å². The van der Waals surface area contributed by atoms with Crippen LogP contribution in [0.25, 0.3) is 6.08 Å². The van der Waals surface area contributed by atoms with Gasteiger partial charge in [-0.05, 0) is 30.7 Å². The van der Waals surface area contributed by atoms with Crippen LogP contribution in [0.5, 0.6) is 0 Å². The molecule has 2 rings (SSSR count). The Labute approximate surface area is 144 Å². The van der Waals surface area contributed by atoms with Crippen LogP contribution in [-0.4, -0.2) is 24.5 Å². The van der Waals surface area contributed by atoms with Crippen LogP contribution in [0, 0.1) is 6.92 Å². The number of aryl methyl sites for hydroxylation is 1. The molecule has 0 atom stereocenters. The van der Waals surface area contributed by atoms with E-state index < -0.39 is 24.5 Å². The van der Waals surface area contributed by atoms with Crippen LogP contribution in [0.15, 0.2) is 53.2 Å². The Morgan fingerprint density at radius 1 is 1.20 bits per heavy atom. The van der Waals surface area contributed by atoms with E-state index >= 15 is 0 Å². The largest absolute Gasteiger partial charge is 0.467 e. The minimum atomic E-state index is -0.728. The molecule has 1 aromatic heterocycles. The molecular weight excluding hydrogens is 324 g/mol. The molecule has 0 saturated carbocycles. The third-order valence-corrected chi connectivity index (χ3v) is 3.06. The lowest BCUT2D eigenvalue weighted by Gasteiger charge is -2.05. The second-order valence-corrected chi connectivity index (χ2v) is 5.17. The number of carbonyl (C=O) groups excluding carboxylic acids is 3. The van der Waals surface area contributed by atoms with Crippen molar-refractivity contribution in [2.24, 2.45) is 0 Å². The number of urea groups is 1. The molecule has 2 N–H and O–H groups in total. The van der Waals surface area contributed by atoms with Crippen LogP contribution in [0.2, 0.25) is 0 Å². The summed E-state index contributed by atoms with van der Waals surface area (Å²) in [4.78, 5) is 34.6. The maximum absolute atomic E-state index is 11.6. The van der Waals surface area contributed by atoms with Gasteiger partial charge in [-0.15, -0.1) is 0 Å². The Kier molecular flexibility index (Phi) is 6.53. The molecule has 0 aliphatic rings. The quantitative estimate of drug-likeness (QED) is 0.619. The fourth-order valence-electron chi connectivity index (χ4n) is 1.91. The maximum atomic E-state index is 11.6. The van der Waals surface area contributed by atoms with Crippen molar-refractivity contribution in [2.45, 2.75) is 13.5 Å². The molecule has 25 heavy (non-hydrogen) atoms. The highest BCUT2D eigenvalue weighted by atomic mass is 16.5. The lowest BCUT2D eigenvalue weighted by molar-refractivity contribution is -0.143. The van der Waals surface area contributed by atoms with Gasteiger partial charge in [0.15, 0.2) is 6.61 Å². The number of ether oxygens (including phenoxy) is 1. The first kappa shape index (κ1) is 18.0. The highest BCUT2D eigenvalue weighted by Gasteiger charge is 2.09. The molecule has 0 aliphatic heterocycles. The summed E-state index contributed by atoms with van der Waals surface area (Å²) < 4.78 is 9.80. The molecule has 0 radical (unpaired) electrons. The number of amides is 3.